The van der Waals surface area contributed by atoms with E-state index in [0.29, 0.717) is 17.0 Å². The van der Waals surface area contributed by atoms with Crippen LogP contribution in [0.1, 0.15) is 29.8 Å². The lowest BCUT2D eigenvalue weighted by Gasteiger charge is -2.10. The number of hydrogen-bond donors (Lipinski definition) is 3. The first kappa shape index (κ1) is 20.0. The largest absolute Gasteiger partial charge is 0.484 e. The Morgan fingerprint density at radius 2 is 1.70 bits per heavy atom. The highest BCUT2D eigenvalue weighted by molar-refractivity contribution is 5.97. The van der Waals surface area contributed by atoms with Crippen LogP contribution in [0, 0.1) is 12.8 Å². The molecule has 0 unspecified atom stereocenters. The van der Waals surface area contributed by atoms with Gasteiger partial charge in [0, 0.05) is 17.2 Å². The van der Waals surface area contributed by atoms with Crippen molar-refractivity contribution in [2.45, 2.75) is 20.8 Å². The van der Waals surface area contributed by atoms with Crippen LogP contribution in [-0.2, 0) is 9.59 Å². The van der Waals surface area contributed by atoms with Gasteiger partial charge in [0.25, 0.3) is 11.8 Å². The Balaban J connectivity index is 1.79. The van der Waals surface area contributed by atoms with Crippen LogP contribution in [0.25, 0.3) is 0 Å². The minimum atomic E-state index is -0.481. The average molecular weight is 369 g/mol. The fourth-order valence-electron chi connectivity index (χ4n) is 2.08. The number of hydrogen-bond acceptors (Lipinski definition) is 4. The standard InChI is InChI=1S/C20H23N3O4/c1-13(2)19(25)21-16-9-7-15(8-10-16)20(26)23-22-18(24)12-27-17-6-4-5-14(3)11-17/h4-11,13H,12H2,1-3H3,(H,21,25)(H,22,24)(H,23,26). The Morgan fingerprint density at radius 3 is 2.33 bits per heavy atom. The summed E-state index contributed by atoms with van der Waals surface area (Å²) in [6.07, 6.45) is 0. The summed E-state index contributed by atoms with van der Waals surface area (Å²) >= 11 is 0. The zero-order chi connectivity index (χ0) is 19.8. The molecular formula is C20H23N3O4. The van der Waals surface area contributed by atoms with E-state index in [1.54, 1.807) is 44.2 Å². The number of benzene rings is 2. The minimum Gasteiger partial charge on any atom is -0.484 e. The molecule has 0 aromatic heterocycles. The summed E-state index contributed by atoms with van der Waals surface area (Å²) < 4.78 is 5.36. The fraction of sp³-hybridized carbons (Fsp3) is 0.250. The number of nitrogens with one attached hydrogen (secondary N) is 3. The number of anilines is 1. The van der Waals surface area contributed by atoms with Gasteiger partial charge in [-0.25, -0.2) is 0 Å². The Hall–Kier alpha value is -3.35. The van der Waals surface area contributed by atoms with Crippen LogP contribution in [0.2, 0.25) is 0 Å². The van der Waals surface area contributed by atoms with Crippen LogP contribution in [-0.4, -0.2) is 24.3 Å². The van der Waals surface area contributed by atoms with Crippen LogP contribution in [0.15, 0.2) is 48.5 Å². The lowest BCUT2D eigenvalue weighted by Crippen LogP contribution is -2.43. The third-order valence-electron chi connectivity index (χ3n) is 3.61. The molecule has 0 saturated heterocycles. The molecule has 142 valence electrons. The van der Waals surface area contributed by atoms with Crippen LogP contribution in [0.5, 0.6) is 5.75 Å². The summed E-state index contributed by atoms with van der Waals surface area (Å²) in [5.41, 5.74) is 6.58. The van der Waals surface area contributed by atoms with E-state index in [4.69, 9.17) is 4.74 Å². The predicted molar refractivity (Wildman–Crippen MR) is 102 cm³/mol. The van der Waals surface area contributed by atoms with Crippen LogP contribution < -0.4 is 20.9 Å². The zero-order valence-corrected chi connectivity index (χ0v) is 15.5. The summed E-state index contributed by atoms with van der Waals surface area (Å²) in [7, 11) is 0. The summed E-state index contributed by atoms with van der Waals surface area (Å²) in [6, 6.07) is 13.7. The van der Waals surface area contributed by atoms with E-state index in [1.165, 1.54) is 0 Å². The molecule has 0 bridgehead atoms. The molecule has 0 aliphatic carbocycles. The Kier molecular flexibility index (Phi) is 6.93. The normalized spacial score (nSPS) is 10.2. The highest BCUT2D eigenvalue weighted by Crippen LogP contribution is 2.12. The number of carbonyl (C=O) groups excluding carboxylic acids is 3. The van der Waals surface area contributed by atoms with E-state index >= 15 is 0 Å². The molecule has 27 heavy (non-hydrogen) atoms. The number of ether oxygens (including phenoxy) is 1. The monoisotopic (exact) mass is 369 g/mol. The lowest BCUT2D eigenvalue weighted by molar-refractivity contribution is -0.123. The van der Waals surface area contributed by atoms with E-state index in [1.807, 2.05) is 25.1 Å². The van der Waals surface area contributed by atoms with Gasteiger partial charge in [0.15, 0.2) is 6.61 Å². The van der Waals surface area contributed by atoms with Gasteiger partial charge in [0.2, 0.25) is 5.91 Å². The van der Waals surface area contributed by atoms with E-state index in [9.17, 15) is 14.4 Å². The zero-order valence-electron chi connectivity index (χ0n) is 15.5. The van der Waals surface area contributed by atoms with Crippen molar-refractivity contribution in [1.82, 2.24) is 10.9 Å². The van der Waals surface area contributed by atoms with Crippen molar-refractivity contribution in [3.05, 3.63) is 59.7 Å². The maximum atomic E-state index is 12.1. The van der Waals surface area contributed by atoms with E-state index in [0.717, 1.165) is 5.56 Å². The lowest BCUT2D eigenvalue weighted by atomic mass is 10.1. The molecule has 3 N–H and O–H groups in total. The quantitative estimate of drug-likeness (QED) is 0.682. The second kappa shape index (κ2) is 9.38. The van der Waals surface area contributed by atoms with Gasteiger partial charge in [-0.1, -0.05) is 26.0 Å². The van der Waals surface area contributed by atoms with Crippen molar-refractivity contribution >= 4 is 23.4 Å². The van der Waals surface area contributed by atoms with Gasteiger partial charge in [-0.2, -0.15) is 0 Å². The van der Waals surface area contributed by atoms with Gasteiger partial charge in [0.05, 0.1) is 0 Å². The number of hydrazine groups is 1. The van der Waals surface area contributed by atoms with Crippen molar-refractivity contribution in [2.75, 3.05) is 11.9 Å². The van der Waals surface area contributed by atoms with Gasteiger partial charge in [-0.05, 0) is 48.9 Å². The molecule has 0 atom stereocenters. The van der Waals surface area contributed by atoms with E-state index < -0.39 is 11.8 Å². The second-order valence-electron chi connectivity index (χ2n) is 6.33. The summed E-state index contributed by atoms with van der Waals surface area (Å²) in [6.45, 7) is 5.29. The van der Waals surface area contributed by atoms with Crippen molar-refractivity contribution in [2.24, 2.45) is 5.92 Å². The molecular weight excluding hydrogens is 346 g/mol. The van der Waals surface area contributed by atoms with Crippen LogP contribution in [0.4, 0.5) is 5.69 Å². The van der Waals surface area contributed by atoms with Gasteiger partial charge < -0.3 is 10.1 Å². The van der Waals surface area contributed by atoms with Crippen molar-refractivity contribution in [1.29, 1.82) is 0 Å². The molecule has 0 aliphatic rings. The van der Waals surface area contributed by atoms with Crippen molar-refractivity contribution < 1.29 is 19.1 Å². The molecule has 0 radical (unpaired) electrons. The maximum Gasteiger partial charge on any atom is 0.276 e. The molecule has 0 spiro atoms. The number of aryl methyl sites for hydroxylation is 1. The van der Waals surface area contributed by atoms with Gasteiger partial charge in [0.1, 0.15) is 5.75 Å². The Morgan fingerprint density at radius 1 is 1.00 bits per heavy atom. The number of amides is 3. The molecule has 7 heteroatoms. The fourth-order valence-corrected chi connectivity index (χ4v) is 2.08. The molecule has 7 nitrogen and oxygen atoms in total. The minimum absolute atomic E-state index is 0.104. The number of rotatable bonds is 6. The smallest absolute Gasteiger partial charge is 0.276 e. The number of carbonyl (C=O) groups is 3. The molecule has 2 aromatic carbocycles. The third kappa shape index (κ3) is 6.47. The molecule has 0 aliphatic heterocycles. The Bertz CT molecular complexity index is 816. The average Bonchev–Trinajstić information content (AvgIpc) is 2.65. The highest BCUT2D eigenvalue weighted by atomic mass is 16.5. The maximum absolute atomic E-state index is 12.1. The first-order chi connectivity index (χ1) is 12.8. The van der Waals surface area contributed by atoms with Gasteiger partial charge in [-0.3, -0.25) is 25.2 Å². The van der Waals surface area contributed by atoms with Crippen LogP contribution >= 0.6 is 0 Å². The third-order valence-corrected chi connectivity index (χ3v) is 3.61. The SMILES string of the molecule is Cc1cccc(OCC(=O)NNC(=O)c2ccc(NC(=O)C(C)C)cc2)c1. The topological polar surface area (TPSA) is 96.5 Å². The van der Waals surface area contributed by atoms with Crippen molar-refractivity contribution in [3.8, 4) is 5.75 Å². The van der Waals surface area contributed by atoms with Gasteiger partial charge in [-0.15, -0.1) is 0 Å². The summed E-state index contributed by atoms with van der Waals surface area (Å²) in [5, 5.41) is 2.74. The van der Waals surface area contributed by atoms with Crippen LogP contribution in [0.3, 0.4) is 0 Å². The van der Waals surface area contributed by atoms with Crippen molar-refractivity contribution in [3.63, 3.8) is 0 Å². The molecule has 0 heterocycles. The first-order valence-electron chi connectivity index (χ1n) is 8.54. The molecule has 3 amide bonds. The molecule has 0 saturated carbocycles. The molecule has 2 aromatic rings. The second-order valence-corrected chi connectivity index (χ2v) is 6.33. The molecule has 0 fully saturated rings. The van der Waals surface area contributed by atoms with E-state index in [2.05, 4.69) is 16.2 Å². The molecule has 2 rings (SSSR count). The summed E-state index contributed by atoms with van der Waals surface area (Å²) in [4.78, 5) is 35.5. The first-order valence-corrected chi connectivity index (χ1v) is 8.54. The summed E-state index contributed by atoms with van der Waals surface area (Å²) in [5.74, 6) is -0.611. The van der Waals surface area contributed by atoms with E-state index in [-0.39, 0.29) is 18.4 Å². The Labute approximate surface area is 158 Å². The highest BCUT2D eigenvalue weighted by Gasteiger charge is 2.10. The van der Waals surface area contributed by atoms with Gasteiger partial charge >= 0.3 is 0 Å². The predicted octanol–water partition coefficient (Wildman–Crippen LogP) is 2.43.